The van der Waals surface area contributed by atoms with E-state index in [0.717, 1.165) is 10.0 Å². The summed E-state index contributed by atoms with van der Waals surface area (Å²) in [4.78, 5) is 0. The Bertz CT molecular complexity index is 218. The minimum atomic E-state index is -0.428. The third-order valence-electron chi connectivity index (χ3n) is 1.53. The Morgan fingerprint density at radius 3 is 2.36 bits per heavy atom. The monoisotopic (exact) mass is 213 g/mol. The number of benzene rings is 1. The maximum Gasteiger partial charge on any atom is 0.0790 e. The number of hydrogen-bond acceptors (Lipinski definition) is 1. The predicted molar refractivity (Wildman–Crippen MR) is 49.1 cm³/mol. The number of aliphatic hydroxyl groups is 1. The summed E-state index contributed by atoms with van der Waals surface area (Å²) in [5.74, 6) is 0. The summed E-state index contributed by atoms with van der Waals surface area (Å²) >= 11 is 3.32. The van der Waals surface area contributed by atoms with Crippen LogP contribution in [0.2, 0.25) is 0 Å². The first-order valence-corrected chi connectivity index (χ1v) is 4.26. The topological polar surface area (TPSA) is 20.2 Å². The summed E-state index contributed by atoms with van der Waals surface area (Å²) < 4.78 is 1.03. The molecule has 1 atom stereocenters. The van der Waals surface area contributed by atoms with Crippen molar-refractivity contribution < 1.29 is 5.11 Å². The second kappa shape index (κ2) is 3.88. The van der Waals surface area contributed by atoms with Gasteiger partial charge in [-0.15, -0.1) is 0 Å². The molecule has 1 aromatic carbocycles. The lowest BCUT2D eigenvalue weighted by Gasteiger charge is -2.06. The van der Waals surface area contributed by atoms with E-state index in [-0.39, 0.29) is 0 Å². The van der Waals surface area contributed by atoms with Crippen molar-refractivity contribution in [3.05, 3.63) is 41.2 Å². The molecule has 0 saturated carbocycles. The zero-order chi connectivity index (χ0) is 8.27. The average molecular weight is 214 g/mol. The van der Waals surface area contributed by atoms with Crippen LogP contribution in [0.4, 0.5) is 0 Å². The summed E-state index contributed by atoms with van der Waals surface area (Å²) in [7, 11) is 0. The van der Waals surface area contributed by atoms with Gasteiger partial charge in [0, 0.05) is 4.47 Å². The van der Waals surface area contributed by atoms with E-state index < -0.39 is 6.10 Å². The van der Waals surface area contributed by atoms with Gasteiger partial charge in [0.05, 0.1) is 6.10 Å². The van der Waals surface area contributed by atoms with Crippen LogP contribution in [0.25, 0.3) is 0 Å². The van der Waals surface area contributed by atoms with Gasteiger partial charge >= 0.3 is 0 Å². The van der Waals surface area contributed by atoms with E-state index in [1.54, 1.807) is 0 Å². The maximum atomic E-state index is 9.34. The van der Waals surface area contributed by atoms with Crippen LogP contribution in [-0.4, -0.2) is 5.11 Å². The number of hydrogen-bond donors (Lipinski definition) is 1. The van der Waals surface area contributed by atoms with Gasteiger partial charge in [0.1, 0.15) is 0 Å². The van der Waals surface area contributed by atoms with Crippen molar-refractivity contribution in [2.24, 2.45) is 0 Å². The van der Waals surface area contributed by atoms with Gasteiger partial charge in [-0.2, -0.15) is 0 Å². The summed E-state index contributed by atoms with van der Waals surface area (Å²) in [5, 5.41) is 9.34. The third-order valence-corrected chi connectivity index (χ3v) is 2.06. The molecule has 0 saturated heterocycles. The molecule has 0 fully saturated rings. The second-order valence-corrected chi connectivity index (χ2v) is 3.27. The normalized spacial score (nSPS) is 13.0. The first-order chi connectivity index (χ1) is 5.24. The first kappa shape index (κ1) is 8.75. The molecule has 0 aliphatic heterocycles. The maximum absolute atomic E-state index is 9.34. The molecular formula is C9H10BrO. The lowest BCUT2D eigenvalue weighted by Crippen LogP contribution is -1.93. The van der Waals surface area contributed by atoms with E-state index in [1.165, 1.54) is 0 Å². The average Bonchev–Trinajstić information content (AvgIpc) is 2.05. The molecular weight excluding hydrogens is 204 g/mol. The smallest absolute Gasteiger partial charge is 0.0790 e. The van der Waals surface area contributed by atoms with Crippen molar-refractivity contribution in [3.63, 3.8) is 0 Å². The molecule has 0 heterocycles. The second-order valence-electron chi connectivity index (χ2n) is 2.36. The highest BCUT2D eigenvalue weighted by Crippen LogP contribution is 2.18. The summed E-state index contributed by atoms with van der Waals surface area (Å²) in [5.41, 5.74) is 0.920. The molecule has 0 aromatic heterocycles. The van der Waals surface area contributed by atoms with Gasteiger partial charge < -0.3 is 5.11 Å². The first-order valence-electron chi connectivity index (χ1n) is 3.47. The largest absolute Gasteiger partial charge is 0.388 e. The Kier molecular flexibility index (Phi) is 3.09. The van der Waals surface area contributed by atoms with E-state index in [1.807, 2.05) is 24.3 Å². The molecule has 0 amide bonds. The van der Waals surface area contributed by atoms with Crippen LogP contribution in [0.1, 0.15) is 18.1 Å². The highest BCUT2D eigenvalue weighted by Gasteiger charge is 2.02. The fourth-order valence-electron chi connectivity index (χ4n) is 0.852. The lowest BCUT2D eigenvalue weighted by molar-refractivity contribution is 0.181. The van der Waals surface area contributed by atoms with Crippen LogP contribution in [0.3, 0.4) is 0 Å². The van der Waals surface area contributed by atoms with Crippen molar-refractivity contribution in [3.8, 4) is 0 Å². The minimum absolute atomic E-state index is 0.428. The molecule has 0 bridgehead atoms. The molecule has 1 aromatic rings. The molecule has 1 radical (unpaired) electrons. The van der Waals surface area contributed by atoms with Crippen LogP contribution in [0.15, 0.2) is 28.7 Å². The van der Waals surface area contributed by atoms with Crippen molar-refractivity contribution >= 4 is 15.9 Å². The molecule has 1 N–H and O–H groups in total. The fourth-order valence-corrected chi connectivity index (χ4v) is 1.12. The van der Waals surface area contributed by atoms with Crippen molar-refractivity contribution in [1.29, 1.82) is 0 Å². The summed E-state index contributed by atoms with van der Waals surface area (Å²) in [6.07, 6.45) is 0.0878. The number of halogens is 1. The van der Waals surface area contributed by atoms with Gasteiger partial charge in [0.25, 0.3) is 0 Å². The van der Waals surface area contributed by atoms with E-state index >= 15 is 0 Å². The molecule has 11 heavy (non-hydrogen) atoms. The Labute approximate surface area is 75.2 Å². The van der Waals surface area contributed by atoms with Crippen LogP contribution in [0, 0.1) is 6.92 Å². The van der Waals surface area contributed by atoms with Crippen molar-refractivity contribution in [1.82, 2.24) is 0 Å². The molecule has 59 valence electrons. The quantitative estimate of drug-likeness (QED) is 0.802. The zero-order valence-electron chi connectivity index (χ0n) is 6.13. The molecule has 1 unspecified atom stereocenters. The van der Waals surface area contributed by atoms with Gasteiger partial charge in [-0.1, -0.05) is 35.0 Å². The zero-order valence-corrected chi connectivity index (χ0v) is 7.71. The predicted octanol–water partition coefficient (Wildman–Crippen LogP) is 2.71. The molecule has 2 heteroatoms. The molecule has 0 spiro atoms. The van der Waals surface area contributed by atoms with Gasteiger partial charge in [-0.3, -0.25) is 0 Å². The van der Waals surface area contributed by atoms with E-state index in [9.17, 15) is 5.11 Å². The highest BCUT2D eigenvalue weighted by atomic mass is 79.9. The Morgan fingerprint density at radius 2 is 1.91 bits per heavy atom. The van der Waals surface area contributed by atoms with E-state index in [0.29, 0.717) is 6.42 Å². The molecule has 1 rings (SSSR count). The van der Waals surface area contributed by atoms with Gasteiger partial charge in [-0.05, 0) is 24.1 Å². The van der Waals surface area contributed by atoms with Crippen LogP contribution in [-0.2, 0) is 0 Å². The van der Waals surface area contributed by atoms with Crippen LogP contribution >= 0.6 is 15.9 Å². The Morgan fingerprint density at radius 1 is 1.36 bits per heavy atom. The van der Waals surface area contributed by atoms with Crippen molar-refractivity contribution in [2.75, 3.05) is 0 Å². The van der Waals surface area contributed by atoms with E-state index in [4.69, 9.17) is 0 Å². The standard InChI is InChI=1S/C9H10BrO/c1-2-9(11)7-3-5-8(10)6-4-7/h3-6,9,11H,1-2H2. The van der Waals surface area contributed by atoms with Gasteiger partial charge in [0.2, 0.25) is 0 Å². The number of aliphatic hydroxyl groups excluding tert-OH is 1. The van der Waals surface area contributed by atoms with Gasteiger partial charge in [-0.25, -0.2) is 0 Å². The molecule has 0 aliphatic carbocycles. The number of rotatable bonds is 2. The Balaban J connectivity index is 2.81. The molecule has 0 aliphatic rings. The minimum Gasteiger partial charge on any atom is -0.388 e. The third kappa shape index (κ3) is 2.31. The van der Waals surface area contributed by atoms with Gasteiger partial charge in [0.15, 0.2) is 0 Å². The SMILES string of the molecule is [CH2]CC(O)c1ccc(Br)cc1. The highest BCUT2D eigenvalue weighted by molar-refractivity contribution is 9.10. The Hall–Kier alpha value is -0.340. The van der Waals surface area contributed by atoms with Crippen molar-refractivity contribution in [2.45, 2.75) is 12.5 Å². The lowest BCUT2D eigenvalue weighted by atomic mass is 10.1. The molecule has 1 nitrogen and oxygen atoms in total. The van der Waals surface area contributed by atoms with Crippen LogP contribution < -0.4 is 0 Å². The summed E-state index contributed by atoms with van der Waals surface area (Å²) in [6.45, 7) is 3.62. The van der Waals surface area contributed by atoms with E-state index in [2.05, 4.69) is 22.9 Å². The summed E-state index contributed by atoms with van der Waals surface area (Å²) in [6, 6.07) is 7.60. The fraction of sp³-hybridized carbons (Fsp3) is 0.222. The van der Waals surface area contributed by atoms with Crippen LogP contribution in [0.5, 0.6) is 0 Å².